The van der Waals surface area contributed by atoms with Crippen molar-refractivity contribution in [2.75, 3.05) is 16.0 Å². The van der Waals surface area contributed by atoms with Gasteiger partial charge in [-0.15, -0.1) is 11.8 Å². The van der Waals surface area contributed by atoms with Gasteiger partial charge in [0.2, 0.25) is 0 Å². The molecule has 1 aliphatic carbocycles. The van der Waals surface area contributed by atoms with Crippen molar-refractivity contribution in [2.24, 2.45) is 0 Å². The molecule has 0 spiro atoms. The number of halogens is 3. The molecule has 3 aromatic carbocycles. The number of hydrogen-bond acceptors (Lipinski definition) is 3. The number of hydrogen-bond donors (Lipinski definition) is 3. The molecule has 1 fully saturated rings. The number of carbonyl (C=O) groups is 2. The largest absolute Gasteiger partial charge is 0.416 e. The summed E-state index contributed by atoms with van der Waals surface area (Å²) in [7, 11) is 0. The summed E-state index contributed by atoms with van der Waals surface area (Å²) in [4.78, 5) is 26.0. The molecule has 0 aliphatic heterocycles. The molecule has 5 nitrogen and oxygen atoms in total. The second-order valence-electron chi connectivity index (χ2n) is 7.51. The molecule has 0 radical (unpaired) electrons. The summed E-state index contributed by atoms with van der Waals surface area (Å²) in [6.45, 7) is 0. The third-order valence-electron chi connectivity index (χ3n) is 4.79. The highest BCUT2D eigenvalue weighted by Gasteiger charge is 2.30. The van der Waals surface area contributed by atoms with Crippen molar-refractivity contribution in [1.82, 2.24) is 0 Å². The van der Waals surface area contributed by atoms with Gasteiger partial charge in [0.25, 0.3) is 5.91 Å². The van der Waals surface area contributed by atoms with Gasteiger partial charge >= 0.3 is 12.2 Å². The van der Waals surface area contributed by atoms with Crippen LogP contribution in [0.25, 0.3) is 0 Å². The maximum absolute atomic E-state index is 12.9. The number of nitrogens with one attached hydrogen (secondary N) is 3. The quantitative estimate of drug-likeness (QED) is 0.368. The first-order valence-corrected chi connectivity index (χ1v) is 11.1. The third-order valence-corrected chi connectivity index (χ3v) is 6.20. The van der Waals surface area contributed by atoms with E-state index in [4.69, 9.17) is 0 Å². The lowest BCUT2D eigenvalue weighted by Crippen LogP contribution is -2.21. The summed E-state index contributed by atoms with van der Waals surface area (Å²) in [5.41, 5.74) is 0.544. The van der Waals surface area contributed by atoms with Gasteiger partial charge in [-0.1, -0.05) is 24.3 Å². The van der Waals surface area contributed by atoms with Gasteiger partial charge < -0.3 is 16.0 Å². The lowest BCUT2D eigenvalue weighted by molar-refractivity contribution is -0.137. The first-order valence-electron chi connectivity index (χ1n) is 10.2. The van der Waals surface area contributed by atoms with Gasteiger partial charge in [0, 0.05) is 27.1 Å². The molecule has 3 N–H and O–H groups in total. The summed E-state index contributed by atoms with van der Waals surface area (Å²) in [6.07, 6.45) is -2.38. The zero-order valence-electron chi connectivity index (χ0n) is 17.3. The zero-order chi connectivity index (χ0) is 23.4. The Kier molecular flexibility index (Phi) is 6.60. The van der Waals surface area contributed by atoms with E-state index in [1.54, 1.807) is 54.2 Å². The Hall–Kier alpha value is -3.46. The molecular weight excluding hydrogens is 451 g/mol. The van der Waals surface area contributed by atoms with Gasteiger partial charge in [-0.3, -0.25) is 4.79 Å². The maximum atomic E-state index is 12.9. The van der Waals surface area contributed by atoms with Crippen LogP contribution in [0.2, 0.25) is 0 Å². The van der Waals surface area contributed by atoms with E-state index in [2.05, 4.69) is 16.0 Å². The first-order chi connectivity index (χ1) is 15.8. The minimum atomic E-state index is -4.51. The molecule has 3 amide bonds. The molecule has 0 aromatic heterocycles. The molecular formula is C24H20F3N3O2S. The van der Waals surface area contributed by atoms with Gasteiger partial charge in [0.05, 0.1) is 11.3 Å². The van der Waals surface area contributed by atoms with Gasteiger partial charge in [-0.25, -0.2) is 4.79 Å². The molecule has 1 saturated carbocycles. The van der Waals surface area contributed by atoms with Crippen LogP contribution in [0.5, 0.6) is 0 Å². The number of benzene rings is 3. The van der Waals surface area contributed by atoms with E-state index in [1.165, 1.54) is 12.1 Å². The molecule has 0 unspecified atom stereocenters. The SMILES string of the molecule is O=C(Nc1cccc(C(F)(F)F)c1)Nc1cc(C(=O)Nc2ccccc2)ccc1SC1CC1. The van der Waals surface area contributed by atoms with Crippen molar-refractivity contribution in [1.29, 1.82) is 0 Å². The van der Waals surface area contributed by atoms with Crippen molar-refractivity contribution in [3.63, 3.8) is 0 Å². The molecule has 1 aliphatic rings. The van der Waals surface area contributed by atoms with Crippen LogP contribution >= 0.6 is 11.8 Å². The molecule has 4 rings (SSSR count). The van der Waals surface area contributed by atoms with Crippen LogP contribution in [0.1, 0.15) is 28.8 Å². The molecule has 3 aromatic rings. The average molecular weight is 472 g/mol. The number of carbonyl (C=O) groups excluding carboxylic acids is 2. The molecule has 0 atom stereocenters. The average Bonchev–Trinajstić information content (AvgIpc) is 3.59. The molecule has 0 heterocycles. The lowest BCUT2D eigenvalue weighted by atomic mass is 10.1. The second-order valence-corrected chi connectivity index (χ2v) is 8.85. The van der Waals surface area contributed by atoms with Crippen molar-refractivity contribution >= 4 is 40.8 Å². The number of para-hydroxylation sites is 1. The molecule has 0 saturated heterocycles. The van der Waals surface area contributed by atoms with E-state index in [-0.39, 0.29) is 11.6 Å². The Morgan fingerprint density at radius 1 is 0.818 bits per heavy atom. The van der Waals surface area contributed by atoms with E-state index in [0.717, 1.165) is 29.9 Å². The highest BCUT2D eigenvalue weighted by molar-refractivity contribution is 8.00. The van der Waals surface area contributed by atoms with Crippen molar-refractivity contribution in [2.45, 2.75) is 29.2 Å². The predicted molar refractivity (Wildman–Crippen MR) is 124 cm³/mol. The standard InChI is InChI=1S/C24H20F3N3O2S/c25-24(26,27)16-5-4-8-18(14-16)29-23(32)30-20-13-15(9-12-21(20)33-19-10-11-19)22(31)28-17-6-2-1-3-7-17/h1-9,12-14,19H,10-11H2,(H,28,31)(H2,29,30,32). The van der Waals surface area contributed by atoms with E-state index in [1.807, 2.05) is 6.07 Å². The van der Waals surface area contributed by atoms with E-state index in [0.29, 0.717) is 22.2 Å². The normalized spacial score (nSPS) is 13.3. The minimum Gasteiger partial charge on any atom is -0.322 e. The third kappa shape index (κ3) is 6.29. The van der Waals surface area contributed by atoms with Crippen LogP contribution in [-0.4, -0.2) is 17.2 Å². The molecule has 170 valence electrons. The van der Waals surface area contributed by atoms with Crippen LogP contribution < -0.4 is 16.0 Å². The number of anilines is 3. The number of alkyl halides is 3. The zero-order valence-corrected chi connectivity index (χ0v) is 18.1. The fourth-order valence-corrected chi connectivity index (χ4v) is 4.13. The summed E-state index contributed by atoms with van der Waals surface area (Å²) < 4.78 is 38.8. The van der Waals surface area contributed by atoms with E-state index < -0.39 is 17.8 Å². The Morgan fingerprint density at radius 2 is 1.55 bits per heavy atom. The Morgan fingerprint density at radius 3 is 2.24 bits per heavy atom. The lowest BCUT2D eigenvalue weighted by Gasteiger charge is -2.14. The fraction of sp³-hybridized carbons (Fsp3) is 0.167. The number of amides is 3. The first kappa shape index (κ1) is 22.7. The van der Waals surface area contributed by atoms with Crippen LogP contribution in [0.4, 0.5) is 35.0 Å². The number of urea groups is 1. The summed E-state index contributed by atoms with van der Waals surface area (Å²) >= 11 is 1.59. The van der Waals surface area contributed by atoms with Crippen molar-refractivity contribution in [3.05, 3.63) is 83.9 Å². The molecule has 9 heteroatoms. The Labute approximate surface area is 192 Å². The minimum absolute atomic E-state index is 0.0108. The topological polar surface area (TPSA) is 70.2 Å². The monoisotopic (exact) mass is 471 g/mol. The van der Waals surface area contributed by atoms with E-state index >= 15 is 0 Å². The Bertz CT molecular complexity index is 1170. The van der Waals surface area contributed by atoms with Gasteiger partial charge in [-0.2, -0.15) is 13.2 Å². The summed E-state index contributed by atoms with van der Waals surface area (Å²) in [5, 5.41) is 8.34. The molecule has 33 heavy (non-hydrogen) atoms. The Balaban J connectivity index is 1.51. The highest BCUT2D eigenvalue weighted by atomic mass is 32.2. The number of rotatable bonds is 6. The smallest absolute Gasteiger partial charge is 0.322 e. The van der Waals surface area contributed by atoms with Crippen LogP contribution in [0.3, 0.4) is 0 Å². The van der Waals surface area contributed by atoms with Crippen molar-refractivity contribution in [3.8, 4) is 0 Å². The van der Waals surface area contributed by atoms with Crippen molar-refractivity contribution < 1.29 is 22.8 Å². The fourth-order valence-electron chi connectivity index (χ4n) is 3.02. The van der Waals surface area contributed by atoms with Crippen LogP contribution in [0, 0.1) is 0 Å². The van der Waals surface area contributed by atoms with Gasteiger partial charge in [-0.05, 0) is 61.4 Å². The summed E-state index contributed by atoms with van der Waals surface area (Å²) in [5.74, 6) is -0.342. The summed E-state index contributed by atoms with van der Waals surface area (Å²) in [6, 6.07) is 17.7. The van der Waals surface area contributed by atoms with E-state index in [9.17, 15) is 22.8 Å². The van der Waals surface area contributed by atoms with Gasteiger partial charge in [0.1, 0.15) is 0 Å². The highest BCUT2D eigenvalue weighted by Crippen LogP contribution is 2.42. The second kappa shape index (κ2) is 9.58. The van der Waals surface area contributed by atoms with Gasteiger partial charge in [0.15, 0.2) is 0 Å². The van der Waals surface area contributed by atoms with Crippen LogP contribution in [-0.2, 0) is 6.18 Å². The maximum Gasteiger partial charge on any atom is 0.416 e. The predicted octanol–water partition coefficient (Wildman–Crippen LogP) is 6.86. The van der Waals surface area contributed by atoms with Crippen LogP contribution in [0.15, 0.2) is 77.7 Å². The molecule has 0 bridgehead atoms. The number of thioether (sulfide) groups is 1.